The van der Waals surface area contributed by atoms with Crippen molar-refractivity contribution in [3.05, 3.63) is 65.7 Å². The van der Waals surface area contributed by atoms with Crippen LogP contribution in [0.2, 0.25) is 0 Å². The molecule has 2 rings (SSSR count). The van der Waals surface area contributed by atoms with Crippen LogP contribution in [0.15, 0.2) is 54.6 Å². The first-order valence-corrected chi connectivity index (χ1v) is 7.69. The van der Waals surface area contributed by atoms with E-state index in [0.29, 0.717) is 23.5 Å². The molecule has 0 N–H and O–H groups in total. The highest BCUT2D eigenvalue weighted by molar-refractivity contribution is 5.97. The van der Waals surface area contributed by atoms with Crippen molar-refractivity contribution in [2.75, 3.05) is 13.2 Å². The molecule has 0 spiro atoms. The van der Waals surface area contributed by atoms with Crippen molar-refractivity contribution in [1.29, 1.82) is 0 Å². The molecule has 0 aromatic heterocycles. The molecule has 0 aliphatic heterocycles. The minimum absolute atomic E-state index is 0.0374. The monoisotopic (exact) mass is 312 g/mol. The molecule has 0 aliphatic carbocycles. The summed E-state index contributed by atoms with van der Waals surface area (Å²) in [6, 6.07) is 15.6. The normalized spacial score (nSPS) is 10.1. The lowest BCUT2D eigenvalue weighted by molar-refractivity contribution is 0.0499. The Labute approximate surface area is 136 Å². The van der Waals surface area contributed by atoms with Crippen molar-refractivity contribution in [3.8, 4) is 5.75 Å². The van der Waals surface area contributed by atoms with Crippen LogP contribution in [-0.2, 0) is 4.74 Å². The van der Waals surface area contributed by atoms with E-state index in [1.807, 2.05) is 25.1 Å². The smallest absolute Gasteiger partial charge is 0.338 e. The van der Waals surface area contributed by atoms with E-state index in [1.54, 1.807) is 36.4 Å². The van der Waals surface area contributed by atoms with E-state index < -0.39 is 0 Å². The molecule has 0 atom stereocenters. The van der Waals surface area contributed by atoms with Gasteiger partial charge in [0, 0.05) is 5.56 Å². The van der Waals surface area contributed by atoms with Gasteiger partial charge in [0.15, 0.2) is 12.4 Å². The molecule has 0 amide bonds. The van der Waals surface area contributed by atoms with Gasteiger partial charge >= 0.3 is 5.97 Å². The van der Waals surface area contributed by atoms with Crippen LogP contribution in [0.1, 0.15) is 40.5 Å². The lowest BCUT2D eigenvalue weighted by Crippen LogP contribution is -2.11. The number of carbonyl (C=O) groups is 2. The predicted molar refractivity (Wildman–Crippen MR) is 87.9 cm³/mol. The second-order valence-corrected chi connectivity index (χ2v) is 5.09. The van der Waals surface area contributed by atoms with Gasteiger partial charge in [-0.25, -0.2) is 4.79 Å². The van der Waals surface area contributed by atoms with Crippen LogP contribution in [0.4, 0.5) is 0 Å². The standard InChI is InChI=1S/C19H20O4/c1-2-3-13-22-19(21)16-9-11-17(12-10-16)23-14-18(20)15-7-5-4-6-8-15/h4-12H,2-3,13-14H2,1H3. The molecule has 2 aromatic carbocycles. The van der Waals surface area contributed by atoms with Crippen LogP contribution in [0.5, 0.6) is 5.75 Å². The fourth-order valence-corrected chi connectivity index (χ4v) is 1.94. The van der Waals surface area contributed by atoms with E-state index >= 15 is 0 Å². The molecule has 0 bridgehead atoms. The molecule has 0 radical (unpaired) electrons. The lowest BCUT2D eigenvalue weighted by Gasteiger charge is -2.07. The Bertz CT molecular complexity index is 632. The highest BCUT2D eigenvalue weighted by atomic mass is 16.5. The van der Waals surface area contributed by atoms with E-state index in [2.05, 4.69) is 0 Å². The van der Waals surface area contributed by atoms with E-state index in [1.165, 1.54) is 0 Å². The number of ether oxygens (including phenoxy) is 2. The molecule has 0 unspecified atom stereocenters. The fraction of sp³-hybridized carbons (Fsp3) is 0.263. The quantitative estimate of drug-likeness (QED) is 0.421. The molecule has 4 heteroatoms. The molecule has 0 saturated heterocycles. The largest absolute Gasteiger partial charge is 0.485 e. The zero-order valence-corrected chi connectivity index (χ0v) is 13.2. The zero-order chi connectivity index (χ0) is 16.5. The number of hydrogen-bond donors (Lipinski definition) is 0. The Balaban J connectivity index is 1.85. The number of esters is 1. The summed E-state index contributed by atoms with van der Waals surface area (Å²) < 4.78 is 10.6. The second-order valence-electron chi connectivity index (χ2n) is 5.09. The van der Waals surface area contributed by atoms with E-state index in [4.69, 9.17) is 9.47 Å². The predicted octanol–water partition coefficient (Wildman–Crippen LogP) is 3.91. The van der Waals surface area contributed by atoms with Crippen LogP contribution < -0.4 is 4.74 Å². The Hall–Kier alpha value is -2.62. The van der Waals surface area contributed by atoms with Crippen LogP contribution in [0, 0.1) is 0 Å². The van der Waals surface area contributed by atoms with E-state index in [-0.39, 0.29) is 18.4 Å². The SMILES string of the molecule is CCCCOC(=O)c1ccc(OCC(=O)c2ccccc2)cc1. The van der Waals surface area contributed by atoms with Crippen LogP contribution >= 0.6 is 0 Å². The topological polar surface area (TPSA) is 52.6 Å². The zero-order valence-electron chi connectivity index (χ0n) is 13.2. The number of ketones is 1. The number of Topliss-reactive ketones (excluding diaryl/α,β-unsaturated/α-hetero) is 1. The van der Waals surface area contributed by atoms with Crippen molar-refractivity contribution in [3.63, 3.8) is 0 Å². The maximum atomic E-state index is 11.9. The summed E-state index contributed by atoms with van der Waals surface area (Å²) >= 11 is 0. The molecule has 0 saturated carbocycles. The third kappa shape index (κ3) is 5.25. The first-order valence-electron chi connectivity index (χ1n) is 7.69. The summed E-state index contributed by atoms with van der Waals surface area (Å²) in [5.74, 6) is 0.110. The van der Waals surface area contributed by atoms with Gasteiger partial charge in [-0.3, -0.25) is 4.79 Å². The van der Waals surface area contributed by atoms with Gasteiger partial charge in [-0.05, 0) is 30.7 Å². The summed E-state index contributed by atoms with van der Waals surface area (Å²) in [7, 11) is 0. The molecule has 120 valence electrons. The van der Waals surface area contributed by atoms with Crippen molar-refractivity contribution in [2.24, 2.45) is 0 Å². The Morgan fingerprint density at radius 3 is 2.26 bits per heavy atom. The van der Waals surface area contributed by atoms with Crippen LogP contribution in [0.3, 0.4) is 0 Å². The van der Waals surface area contributed by atoms with E-state index in [0.717, 1.165) is 12.8 Å². The Morgan fingerprint density at radius 1 is 0.913 bits per heavy atom. The number of carbonyl (C=O) groups excluding carboxylic acids is 2. The molecule has 0 fully saturated rings. The van der Waals surface area contributed by atoms with Crippen molar-refractivity contribution < 1.29 is 19.1 Å². The van der Waals surface area contributed by atoms with Gasteiger partial charge in [0.05, 0.1) is 12.2 Å². The summed E-state index contributed by atoms with van der Waals surface area (Å²) in [6.45, 7) is 2.43. The first-order chi connectivity index (χ1) is 11.2. The fourth-order valence-electron chi connectivity index (χ4n) is 1.94. The highest BCUT2D eigenvalue weighted by Crippen LogP contribution is 2.14. The van der Waals surface area contributed by atoms with Gasteiger partial charge in [-0.15, -0.1) is 0 Å². The van der Waals surface area contributed by atoms with Crippen molar-refractivity contribution >= 4 is 11.8 Å². The van der Waals surface area contributed by atoms with Gasteiger partial charge in [-0.1, -0.05) is 43.7 Å². The summed E-state index contributed by atoms with van der Waals surface area (Å²) in [5.41, 5.74) is 1.09. The van der Waals surface area contributed by atoms with E-state index in [9.17, 15) is 9.59 Å². The minimum Gasteiger partial charge on any atom is -0.485 e. The van der Waals surface area contributed by atoms with Crippen LogP contribution in [0.25, 0.3) is 0 Å². The molecule has 0 aliphatic rings. The lowest BCUT2D eigenvalue weighted by atomic mass is 10.1. The molecule has 23 heavy (non-hydrogen) atoms. The maximum Gasteiger partial charge on any atom is 0.338 e. The third-order valence-corrected chi connectivity index (χ3v) is 3.29. The summed E-state index contributed by atoms with van der Waals surface area (Å²) in [6.07, 6.45) is 1.84. The van der Waals surface area contributed by atoms with Gasteiger partial charge in [-0.2, -0.15) is 0 Å². The number of rotatable bonds is 8. The van der Waals surface area contributed by atoms with Crippen molar-refractivity contribution in [2.45, 2.75) is 19.8 Å². The van der Waals surface area contributed by atoms with Gasteiger partial charge in [0.1, 0.15) is 5.75 Å². The molecule has 0 heterocycles. The summed E-state index contributed by atoms with van der Waals surface area (Å²) in [5, 5.41) is 0. The van der Waals surface area contributed by atoms with Gasteiger partial charge in [0.25, 0.3) is 0 Å². The highest BCUT2D eigenvalue weighted by Gasteiger charge is 2.08. The van der Waals surface area contributed by atoms with Gasteiger partial charge < -0.3 is 9.47 Å². The Morgan fingerprint density at radius 2 is 1.61 bits per heavy atom. The minimum atomic E-state index is -0.342. The first kappa shape index (κ1) is 16.7. The average Bonchev–Trinajstić information content (AvgIpc) is 2.61. The molecule has 2 aromatic rings. The average molecular weight is 312 g/mol. The molecular weight excluding hydrogens is 292 g/mol. The second kappa shape index (κ2) is 8.73. The molecular formula is C19H20O4. The van der Waals surface area contributed by atoms with Gasteiger partial charge in [0.2, 0.25) is 0 Å². The van der Waals surface area contributed by atoms with Crippen LogP contribution in [-0.4, -0.2) is 25.0 Å². The maximum absolute atomic E-state index is 11.9. The molecule has 4 nitrogen and oxygen atoms in total. The number of benzene rings is 2. The number of hydrogen-bond acceptors (Lipinski definition) is 4. The Kier molecular flexibility index (Phi) is 6.36. The van der Waals surface area contributed by atoms with Crippen molar-refractivity contribution in [1.82, 2.24) is 0 Å². The third-order valence-electron chi connectivity index (χ3n) is 3.29. The summed E-state index contributed by atoms with van der Waals surface area (Å²) in [4.78, 5) is 23.7. The number of unbranched alkanes of at least 4 members (excludes halogenated alkanes) is 1.